The molecule has 0 heterocycles. The second-order valence-electron chi connectivity index (χ2n) is 9.65. The highest BCUT2D eigenvalue weighted by molar-refractivity contribution is 5.38. The largest absolute Gasteiger partial charge is 0.0730 e. The number of hydrogen-bond acceptors (Lipinski definition) is 0. The Morgan fingerprint density at radius 2 is 1.48 bits per heavy atom. The Morgan fingerprint density at radius 1 is 0.828 bits per heavy atom. The van der Waals surface area contributed by atoms with E-state index in [2.05, 4.69) is 62.1 Å². The minimum absolute atomic E-state index is 0.758. The Labute approximate surface area is 180 Å². The molecule has 0 nitrogen and oxygen atoms in total. The molecule has 0 N–H and O–H groups in total. The van der Waals surface area contributed by atoms with E-state index in [1.165, 1.54) is 89.0 Å². The molecule has 2 aliphatic carbocycles. The maximum Gasteiger partial charge on any atom is 0.0249 e. The van der Waals surface area contributed by atoms with Gasteiger partial charge in [0.1, 0.15) is 0 Å². The molecule has 0 amide bonds. The lowest BCUT2D eigenvalue weighted by Gasteiger charge is -2.37. The molecule has 3 rings (SSSR count). The van der Waals surface area contributed by atoms with E-state index in [0.717, 1.165) is 29.2 Å². The summed E-state index contributed by atoms with van der Waals surface area (Å²) >= 11 is 0. The first-order valence-electron chi connectivity index (χ1n) is 12.6. The average molecular weight is 391 g/mol. The third kappa shape index (κ3) is 7.37. The zero-order chi connectivity index (χ0) is 20.3. The van der Waals surface area contributed by atoms with Crippen molar-refractivity contribution in [1.82, 2.24) is 0 Å². The van der Waals surface area contributed by atoms with Crippen molar-refractivity contribution in [2.75, 3.05) is 0 Å². The van der Waals surface area contributed by atoms with Crippen molar-refractivity contribution in [3.63, 3.8) is 0 Å². The first-order valence-corrected chi connectivity index (χ1v) is 12.6. The van der Waals surface area contributed by atoms with Gasteiger partial charge in [-0.05, 0) is 98.8 Å². The maximum absolute atomic E-state index is 3.31. The molecule has 2 aliphatic rings. The topological polar surface area (TPSA) is 0 Å². The van der Waals surface area contributed by atoms with Crippen LogP contribution >= 0.6 is 0 Å². The fourth-order valence-corrected chi connectivity index (χ4v) is 5.52. The normalized spacial score (nSPS) is 27.5. The smallest absolute Gasteiger partial charge is 0.0249 e. The fourth-order valence-electron chi connectivity index (χ4n) is 5.52. The van der Waals surface area contributed by atoms with Gasteiger partial charge in [0, 0.05) is 5.56 Å². The number of allylic oxidation sites excluding steroid dienone is 2. The van der Waals surface area contributed by atoms with Crippen molar-refractivity contribution in [1.29, 1.82) is 0 Å². The van der Waals surface area contributed by atoms with E-state index in [1.807, 2.05) is 0 Å². The van der Waals surface area contributed by atoms with E-state index < -0.39 is 0 Å². The summed E-state index contributed by atoms with van der Waals surface area (Å²) in [6.45, 7) is 4.63. The van der Waals surface area contributed by atoms with Crippen LogP contribution in [0.2, 0.25) is 0 Å². The SMILES string of the molecule is CCCCCc1ccc(C#CC=CC2CCC(C3CCC(CC)CC3)CC2)cc1. The van der Waals surface area contributed by atoms with Gasteiger partial charge in [0.15, 0.2) is 0 Å². The van der Waals surface area contributed by atoms with Crippen molar-refractivity contribution in [2.45, 2.75) is 97.3 Å². The molecule has 29 heavy (non-hydrogen) atoms. The Kier molecular flexibility index (Phi) is 9.40. The van der Waals surface area contributed by atoms with Crippen molar-refractivity contribution in [3.8, 4) is 11.8 Å². The lowest BCUT2D eigenvalue weighted by atomic mass is 9.69. The van der Waals surface area contributed by atoms with Crippen LogP contribution in [-0.2, 0) is 6.42 Å². The molecule has 1 aromatic rings. The van der Waals surface area contributed by atoms with Crippen molar-refractivity contribution in [3.05, 3.63) is 47.5 Å². The summed E-state index contributed by atoms with van der Waals surface area (Å²) < 4.78 is 0. The number of benzene rings is 1. The van der Waals surface area contributed by atoms with E-state index in [9.17, 15) is 0 Å². The van der Waals surface area contributed by atoms with Crippen LogP contribution in [0.4, 0.5) is 0 Å². The van der Waals surface area contributed by atoms with E-state index in [-0.39, 0.29) is 0 Å². The van der Waals surface area contributed by atoms with Gasteiger partial charge in [-0.15, -0.1) is 0 Å². The molecule has 0 radical (unpaired) electrons. The van der Waals surface area contributed by atoms with Crippen LogP contribution in [0.5, 0.6) is 0 Å². The zero-order valence-electron chi connectivity index (χ0n) is 19.0. The predicted octanol–water partition coefficient (Wildman–Crippen LogP) is 8.35. The monoisotopic (exact) mass is 390 g/mol. The summed E-state index contributed by atoms with van der Waals surface area (Å²) in [5.74, 6) is 10.4. The summed E-state index contributed by atoms with van der Waals surface area (Å²) in [5.41, 5.74) is 2.58. The number of rotatable bonds is 7. The third-order valence-electron chi connectivity index (χ3n) is 7.64. The van der Waals surface area contributed by atoms with E-state index in [1.54, 1.807) is 0 Å². The molecular formula is C29H42. The van der Waals surface area contributed by atoms with Crippen LogP contribution in [0.1, 0.15) is 102 Å². The first-order chi connectivity index (χ1) is 14.3. The third-order valence-corrected chi connectivity index (χ3v) is 7.64. The molecule has 0 aliphatic heterocycles. The molecular weight excluding hydrogens is 348 g/mol. The highest BCUT2D eigenvalue weighted by atomic mass is 14.3. The molecule has 0 atom stereocenters. The van der Waals surface area contributed by atoms with Gasteiger partial charge in [0.2, 0.25) is 0 Å². The summed E-state index contributed by atoms with van der Waals surface area (Å²) in [6, 6.07) is 8.86. The van der Waals surface area contributed by atoms with Gasteiger partial charge in [0.05, 0.1) is 0 Å². The number of aryl methyl sites for hydroxylation is 1. The van der Waals surface area contributed by atoms with Crippen LogP contribution in [0.25, 0.3) is 0 Å². The van der Waals surface area contributed by atoms with Gasteiger partial charge in [-0.2, -0.15) is 0 Å². The Morgan fingerprint density at radius 3 is 2.10 bits per heavy atom. The fraction of sp³-hybridized carbons (Fsp3) is 0.655. The average Bonchev–Trinajstić information content (AvgIpc) is 2.78. The van der Waals surface area contributed by atoms with Crippen LogP contribution in [0.3, 0.4) is 0 Å². The van der Waals surface area contributed by atoms with E-state index in [4.69, 9.17) is 0 Å². The van der Waals surface area contributed by atoms with Crippen LogP contribution in [-0.4, -0.2) is 0 Å². The zero-order valence-corrected chi connectivity index (χ0v) is 19.0. The number of hydrogen-bond donors (Lipinski definition) is 0. The molecule has 0 aromatic heterocycles. The second kappa shape index (κ2) is 12.3. The maximum atomic E-state index is 3.31. The van der Waals surface area contributed by atoms with Gasteiger partial charge >= 0.3 is 0 Å². The molecule has 0 unspecified atom stereocenters. The Balaban J connectivity index is 1.38. The molecule has 158 valence electrons. The Bertz CT molecular complexity index is 652. The minimum Gasteiger partial charge on any atom is -0.0730 e. The molecule has 0 heteroatoms. The van der Waals surface area contributed by atoms with Crippen molar-refractivity contribution in [2.24, 2.45) is 23.7 Å². The standard InChI is InChI=1S/C29H42/c1-3-5-6-9-25-12-14-26(15-13-25)10-7-8-11-27-18-22-29(23-19-27)28-20-16-24(4-2)17-21-28/h8,11-15,24,27-29H,3-6,9,16-23H2,1-2H3. The molecule has 2 saturated carbocycles. The molecule has 2 fully saturated rings. The predicted molar refractivity (Wildman–Crippen MR) is 127 cm³/mol. The van der Waals surface area contributed by atoms with Crippen LogP contribution < -0.4 is 0 Å². The highest BCUT2D eigenvalue weighted by Gasteiger charge is 2.29. The lowest BCUT2D eigenvalue weighted by molar-refractivity contribution is 0.154. The second-order valence-corrected chi connectivity index (χ2v) is 9.65. The van der Waals surface area contributed by atoms with Gasteiger partial charge in [-0.3, -0.25) is 0 Å². The van der Waals surface area contributed by atoms with E-state index in [0.29, 0.717) is 0 Å². The first kappa shape index (κ1) is 22.2. The summed E-state index contributed by atoms with van der Waals surface area (Å²) in [7, 11) is 0. The minimum atomic E-state index is 0.758. The summed E-state index contributed by atoms with van der Waals surface area (Å²) in [6.07, 6.45) is 22.7. The highest BCUT2D eigenvalue weighted by Crippen LogP contribution is 2.42. The Hall–Kier alpha value is -1.48. The van der Waals surface area contributed by atoms with Crippen LogP contribution in [0.15, 0.2) is 36.4 Å². The molecule has 0 bridgehead atoms. The molecule has 0 saturated heterocycles. The van der Waals surface area contributed by atoms with Crippen LogP contribution in [0, 0.1) is 35.5 Å². The molecule has 0 spiro atoms. The summed E-state index contributed by atoms with van der Waals surface area (Å²) in [4.78, 5) is 0. The van der Waals surface area contributed by atoms with Crippen molar-refractivity contribution < 1.29 is 0 Å². The number of unbranched alkanes of at least 4 members (excludes halogenated alkanes) is 2. The van der Waals surface area contributed by atoms with Gasteiger partial charge < -0.3 is 0 Å². The quantitative estimate of drug-likeness (QED) is 0.324. The molecule has 1 aromatic carbocycles. The van der Waals surface area contributed by atoms with E-state index >= 15 is 0 Å². The van der Waals surface area contributed by atoms with Gasteiger partial charge in [-0.25, -0.2) is 0 Å². The summed E-state index contributed by atoms with van der Waals surface area (Å²) in [5, 5.41) is 0. The lowest BCUT2D eigenvalue weighted by Crippen LogP contribution is -2.25. The van der Waals surface area contributed by atoms with Gasteiger partial charge in [0.25, 0.3) is 0 Å². The van der Waals surface area contributed by atoms with Crippen molar-refractivity contribution >= 4 is 0 Å². The van der Waals surface area contributed by atoms with Gasteiger partial charge in [-0.1, -0.05) is 76.0 Å².